The van der Waals surface area contributed by atoms with Gasteiger partial charge in [-0.2, -0.15) is 0 Å². The summed E-state index contributed by atoms with van der Waals surface area (Å²) in [4.78, 5) is 45.8. The smallest absolute Gasteiger partial charge is 0.345 e. The van der Waals surface area contributed by atoms with Gasteiger partial charge in [0.2, 0.25) is 0 Å². The molecule has 0 bridgehead atoms. The summed E-state index contributed by atoms with van der Waals surface area (Å²) in [5.74, 6) is -5.17. The summed E-state index contributed by atoms with van der Waals surface area (Å²) in [6, 6.07) is 4.54. The van der Waals surface area contributed by atoms with Gasteiger partial charge in [-0.1, -0.05) is 6.07 Å². The zero-order valence-electron chi connectivity index (χ0n) is 12.1. The van der Waals surface area contributed by atoms with Crippen molar-refractivity contribution in [2.75, 3.05) is 13.2 Å². The standard InChI is InChI=1S/C14H14O10/c15-5-9(17)13(21)23-11(19)7-2-1-3-8(4-7)12(20)24-14(22)10(18)6-16/h1-4,9-10,15-18H,5-6H2. The van der Waals surface area contributed by atoms with Gasteiger partial charge in [0.15, 0.2) is 12.2 Å². The summed E-state index contributed by atoms with van der Waals surface area (Å²) in [6.45, 7) is -1.87. The van der Waals surface area contributed by atoms with E-state index in [2.05, 4.69) is 9.47 Å². The first-order valence-electron chi connectivity index (χ1n) is 6.50. The molecule has 0 saturated heterocycles. The Balaban J connectivity index is 2.82. The van der Waals surface area contributed by atoms with Crippen molar-refractivity contribution in [2.24, 2.45) is 0 Å². The van der Waals surface area contributed by atoms with Gasteiger partial charge in [-0.15, -0.1) is 0 Å². The Labute approximate surface area is 134 Å². The van der Waals surface area contributed by atoms with Crippen LogP contribution in [-0.2, 0) is 19.1 Å². The monoisotopic (exact) mass is 342 g/mol. The maximum absolute atomic E-state index is 11.7. The van der Waals surface area contributed by atoms with E-state index in [1.807, 2.05) is 0 Å². The molecule has 0 aromatic heterocycles. The molecule has 0 spiro atoms. The first-order valence-corrected chi connectivity index (χ1v) is 6.50. The second-order valence-corrected chi connectivity index (χ2v) is 4.39. The fraction of sp³-hybridized carbons (Fsp3) is 0.286. The van der Waals surface area contributed by atoms with E-state index in [9.17, 15) is 19.2 Å². The third-order valence-electron chi connectivity index (χ3n) is 2.61. The van der Waals surface area contributed by atoms with E-state index in [0.717, 1.165) is 6.07 Å². The van der Waals surface area contributed by atoms with Crippen molar-refractivity contribution < 1.29 is 49.1 Å². The molecule has 0 saturated carbocycles. The van der Waals surface area contributed by atoms with Gasteiger partial charge >= 0.3 is 23.9 Å². The number of aliphatic hydroxyl groups is 4. The van der Waals surface area contributed by atoms with Crippen LogP contribution in [0.4, 0.5) is 0 Å². The molecule has 0 radical (unpaired) electrons. The summed E-state index contributed by atoms with van der Waals surface area (Å²) in [5, 5.41) is 35.1. The number of benzene rings is 1. The summed E-state index contributed by atoms with van der Waals surface area (Å²) in [5.41, 5.74) is -0.531. The Bertz CT molecular complexity index is 587. The van der Waals surface area contributed by atoms with Crippen LogP contribution in [0.5, 0.6) is 0 Å². The summed E-state index contributed by atoms with van der Waals surface area (Å²) in [6.07, 6.45) is -3.78. The fourth-order valence-electron chi connectivity index (χ4n) is 1.36. The van der Waals surface area contributed by atoms with Crippen LogP contribution in [0.25, 0.3) is 0 Å². The quantitative estimate of drug-likeness (QED) is 0.328. The molecule has 0 heterocycles. The molecule has 130 valence electrons. The topological polar surface area (TPSA) is 168 Å². The van der Waals surface area contributed by atoms with E-state index in [1.165, 1.54) is 18.2 Å². The maximum Gasteiger partial charge on any atom is 0.345 e. The molecule has 4 N–H and O–H groups in total. The molecule has 0 amide bonds. The van der Waals surface area contributed by atoms with Gasteiger partial charge in [-0.25, -0.2) is 19.2 Å². The lowest BCUT2D eigenvalue weighted by Crippen LogP contribution is -2.29. The van der Waals surface area contributed by atoms with Gasteiger partial charge in [0.1, 0.15) is 0 Å². The van der Waals surface area contributed by atoms with E-state index < -0.39 is 49.3 Å². The summed E-state index contributed by atoms with van der Waals surface area (Å²) < 4.78 is 8.56. The highest BCUT2D eigenvalue weighted by atomic mass is 16.6. The van der Waals surface area contributed by atoms with E-state index in [1.54, 1.807) is 0 Å². The minimum absolute atomic E-state index is 0.266. The number of hydrogen-bond acceptors (Lipinski definition) is 10. The average Bonchev–Trinajstić information content (AvgIpc) is 2.59. The lowest BCUT2D eigenvalue weighted by molar-refractivity contribution is -0.150. The molecule has 24 heavy (non-hydrogen) atoms. The van der Waals surface area contributed by atoms with Crippen molar-refractivity contribution in [3.63, 3.8) is 0 Å². The molecule has 2 unspecified atom stereocenters. The molecule has 10 nitrogen and oxygen atoms in total. The summed E-state index contributed by atoms with van der Waals surface area (Å²) in [7, 11) is 0. The van der Waals surface area contributed by atoms with Crippen LogP contribution < -0.4 is 0 Å². The number of carbonyl (C=O) groups excluding carboxylic acids is 4. The Morgan fingerprint density at radius 1 is 0.833 bits per heavy atom. The Morgan fingerprint density at radius 3 is 1.54 bits per heavy atom. The molecular weight excluding hydrogens is 328 g/mol. The number of carbonyl (C=O) groups is 4. The van der Waals surface area contributed by atoms with Gasteiger partial charge in [0.25, 0.3) is 0 Å². The van der Waals surface area contributed by atoms with Gasteiger partial charge in [0, 0.05) is 0 Å². The molecule has 10 heteroatoms. The molecule has 1 aromatic carbocycles. The highest BCUT2D eigenvalue weighted by molar-refractivity contribution is 6.02. The zero-order chi connectivity index (χ0) is 18.3. The highest BCUT2D eigenvalue weighted by Crippen LogP contribution is 2.09. The lowest BCUT2D eigenvalue weighted by atomic mass is 10.1. The normalized spacial score (nSPS) is 12.8. The van der Waals surface area contributed by atoms with Gasteiger partial charge in [-0.3, -0.25) is 0 Å². The summed E-state index contributed by atoms with van der Waals surface area (Å²) >= 11 is 0. The van der Waals surface area contributed by atoms with E-state index >= 15 is 0 Å². The molecular formula is C14H14O10. The van der Waals surface area contributed by atoms with Crippen LogP contribution in [0, 0.1) is 0 Å². The zero-order valence-corrected chi connectivity index (χ0v) is 12.1. The van der Waals surface area contributed by atoms with Crippen molar-refractivity contribution in [1.82, 2.24) is 0 Å². The van der Waals surface area contributed by atoms with E-state index in [4.69, 9.17) is 20.4 Å². The molecule has 0 aliphatic rings. The average molecular weight is 342 g/mol. The van der Waals surface area contributed by atoms with Crippen LogP contribution in [0.3, 0.4) is 0 Å². The third kappa shape index (κ3) is 5.21. The van der Waals surface area contributed by atoms with Crippen LogP contribution in [-0.4, -0.2) is 69.7 Å². The van der Waals surface area contributed by atoms with E-state index in [0.29, 0.717) is 0 Å². The second kappa shape index (κ2) is 8.84. The Kier molecular flexibility index (Phi) is 7.14. The Morgan fingerprint density at radius 2 is 1.21 bits per heavy atom. The number of esters is 4. The fourth-order valence-corrected chi connectivity index (χ4v) is 1.36. The second-order valence-electron chi connectivity index (χ2n) is 4.39. The molecule has 1 rings (SSSR count). The SMILES string of the molecule is O=C(OC(=O)C(O)CO)c1cccc(C(=O)OC(=O)C(O)CO)c1. The van der Waals surface area contributed by atoms with Crippen LogP contribution in [0.2, 0.25) is 0 Å². The molecule has 2 atom stereocenters. The highest BCUT2D eigenvalue weighted by Gasteiger charge is 2.23. The number of ether oxygens (including phenoxy) is 2. The largest absolute Gasteiger partial charge is 0.393 e. The first kappa shape index (κ1) is 19.4. The lowest BCUT2D eigenvalue weighted by Gasteiger charge is -2.08. The number of aliphatic hydroxyl groups excluding tert-OH is 4. The minimum atomic E-state index is -1.89. The molecule has 0 aliphatic carbocycles. The van der Waals surface area contributed by atoms with Crippen LogP contribution >= 0.6 is 0 Å². The van der Waals surface area contributed by atoms with Crippen molar-refractivity contribution in [3.05, 3.63) is 35.4 Å². The van der Waals surface area contributed by atoms with E-state index in [-0.39, 0.29) is 11.1 Å². The predicted octanol–water partition coefficient (Wildman–Crippen LogP) is -2.24. The van der Waals surface area contributed by atoms with Gasteiger partial charge in [0.05, 0.1) is 24.3 Å². The molecule has 1 aromatic rings. The predicted molar refractivity (Wildman–Crippen MR) is 73.5 cm³/mol. The Hall–Kier alpha value is -2.66. The van der Waals surface area contributed by atoms with Crippen molar-refractivity contribution in [3.8, 4) is 0 Å². The minimum Gasteiger partial charge on any atom is -0.393 e. The van der Waals surface area contributed by atoms with Crippen LogP contribution in [0.15, 0.2) is 24.3 Å². The first-order chi connectivity index (χ1) is 11.3. The third-order valence-corrected chi connectivity index (χ3v) is 2.61. The van der Waals surface area contributed by atoms with Crippen molar-refractivity contribution in [1.29, 1.82) is 0 Å². The van der Waals surface area contributed by atoms with Crippen molar-refractivity contribution in [2.45, 2.75) is 12.2 Å². The van der Waals surface area contributed by atoms with Crippen molar-refractivity contribution >= 4 is 23.9 Å². The van der Waals surface area contributed by atoms with Crippen LogP contribution in [0.1, 0.15) is 20.7 Å². The van der Waals surface area contributed by atoms with Gasteiger partial charge < -0.3 is 29.9 Å². The number of hydrogen-bond donors (Lipinski definition) is 4. The van der Waals surface area contributed by atoms with Gasteiger partial charge in [-0.05, 0) is 18.2 Å². The number of rotatable bonds is 6. The molecule has 0 aliphatic heterocycles. The maximum atomic E-state index is 11.7. The molecule has 0 fully saturated rings.